The number of nitrogens with one attached hydrogen (secondary N) is 4. The number of aromatic nitrogens is 2. The van der Waals surface area contributed by atoms with E-state index >= 15 is 0 Å². The van der Waals surface area contributed by atoms with Crippen LogP contribution < -0.4 is 40.2 Å². The number of rotatable bonds is 18. The monoisotopic (exact) mass is 598 g/mol. The molecule has 0 saturated carbocycles. The van der Waals surface area contributed by atoms with E-state index in [1.54, 1.807) is 14.2 Å². The Morgan fingerprint density at radius 1 is 0.791 bits per heavy atom. The number of ether oxygens (including phenoxy) is 4. The fourth-order valence-electron chi connectivity index (χ4n) is 4.45. The summed E-state index contributed by atoms with van der Waals surface area (Å²) in [6.07, 6.45) is 0.766. The summed E-state index contributed by atoms with van der Waals surface area (Å²) in [5, 5.41) is 12.0. The Bertz CT molecular complexity index is 1330. The van der Waals surface area contributed by atoms with Gasteiger partial charge >= 0.3 is 0 Å². The summed E-state index contributed by atoms with van der Waals surface area (Å²) in [7, 11) is 3.16. The number of allylic oxidation sites excluding steroid dienone is 1. The van der Waals surface area contributed by atoms with E-state index in [-0.39, 0.29) is 11.8 Å². The van der Waals surface area contributed by atoms with Crippen LogP contribution in [-0.2, 0) is 22.7 Å². The summed E-state index contributed by atoms with van der Waals surface area (Å²) in [4.78, 5) is 31.0. The molecule has 13 heteroatoms. The van der Waals surface area contributed by atoms with Crippen molar-refractivity contribution in [1.82, 2.24) is 31.2 Å². The van der Waals surface area contributed by atoms with E-state index in [1.807, 2.05) is 31.2 Å². The van der Waals surface area contributed by atoms with Crippen molar-refractivity contribution in [2.45, 2.75) is 47.2 Å². The average molecular weight is 599 g/mol. The highest BCUT2D eigenvalue weighted by Gasteiger charge is 2.28. The lowest BCUT2D eigenvalue weighted by Gasteiger charge is -2.12. The molecule has 1 aliphatic heterocycles. The Hall–Kier alpha value is -4.23. The minimum atomic E-state index is -0.0532. The van der Waals surface area contributed by atoms with Crippen molar-refractivity contribution >= 4 is 17.5 Å². The van der Waals surface area contributed by atoms with Crippen LogP contribution in [0.4, 0.5) is 0 Å². The molecule has 3 heterocycles. The van der Waals surface area contributed by atoms with E-state index in [4.69, 9.17) is 18.9 Å². The zero-order valence-corrected chi connectivity index (χ0v) is 26.0. The third-order valence-corrected chi connectivity index (χ3v) is 6.78. The van der Waals surface area contributed by atoms with Crippen LogP contribution in [0.5, 0.6) is 23.5 Å². The first-order valence-corrected chi connectivity index (χ1v) is 14.2. The van der Waals surface area contributed by atoms with Crippen LogP contribution in [0.15, 0.2) is 35.5 Å². The molecule has 4 N–H and O–H groups in total. The fourth-order valence-corrected chi connectivity index (χ4v) is 4.45. The second-order valence-corrected chi connectivity index (χ2v) is 10.0. The number of pyridine rings is 2. The molecule has 0 atom stereocenters. The molecular formula is C30H44N7O6+. The van der Waals surface area contributed by atoms with Gasteiger partial charge in [0.15, 0.2) is 11.4 Å². The zero-order chi connectivity index (χ0) is 31.2. The zero-order valence-electron chi connectivity index (χ0n) is 26.0. The SMILES string of the molecule is COc1nc(OCC2=C(C)[N+](COc3ccc(CNCCNC(C)=O)c(OC)n3)=C(C)C2)ccc1CNCCNC(C)=O. The van der Waals surface area contributed by atoms with E-state index in [9.17, 15) is 9.59 Å². The van der Waals surface area contributed by atoms with Gasteiger partial charge in [0.05, 0.1) is 20.6 Å². The van der Waals surface area contributed by atoms with Crippen molar-refractivity contribution in [2.24, 2.45) is 0 Å². The van der Waals surface area contributed by atoms with E-state index < -0.39 is 0 Å². The molecule has 0 aliphatic carbocycles. The highest BCUT2D eigenvalue weighted by molar-refractivity contribution is 5.81. The topological polar surface area (TPSA) is 148 Å². The normalized spacial score (nSPS) is 12.8. The van der Waals surface area contributed by atoms with Crippen molar-refractivity contribution in [3.8, 4) is 23.5 Å². The number of amides is 2. The first-order chi connectivity index (χ1) is 20.7. The lowest BCUT2D eigenvalue weighted by Crippen LogP contribution is -2.30. The van der Waals surface area contributed by atoms with Gasteiger partial charge in [0.2, 0.25) is 35.3 Å². The second kappa shape index (κ2) is 17.0. The molecule has 1 aliphatic rings. The molecular weight excluding hydrogens is 554 g/mol. The summed E-state index contributed by atoms with van der Waals surface area (Å²) < 4.78 is 25.1. The Labute approximate surface area is 253 Å². The van der Waals surface area contributed by atoms with Gasteiger partial charge in [0, 0.05) is 95.8 Å². The van der Waals surface area contributed by atoms with Gasteiger partial charge in [-0.15, -0.1) is 0 Å². The molecule has 0 saturated heterocycles. The Morgan fingerprint density at radius 3 is 1.79 bits per heavy atom. The minimum absolute atomic E-state index is 0.0524. The maximum atomic E-state index is 11.0. The van der Waals surface area contributed by atoms with Crippen LogP contribution in [0.3, 0.4) is 0 Å². The van der Waals surface area contributed by atoms with Gasteiger partial charge in [-0.1, -0.05) is 0 Å². The predicted octanol–water partition coefficient (Wildman–Crippen LogP) is 1.51. The van der Waals surface area contributed by atoms with Crippen LogP contribution in [0.1, 0.15) is 45.2 Å². The molecule has 0 aromatic carbocycles. The standard InChI is InChI=1S/C30H43N7O6/c1-20-15-26(18-42-27-9-7-24(29(35-27)40-5)16-31-11-13-33-22(3)38)21(2)37(20)19-43-28-10-8-25(30(36-28)41-6)17-32-12-14-34-23(4)39/h7-10,31-32H,11-19H2,1-6H3,(H-,33,34,38,39)/p+1. The fraction of sp³-hybridized carbons (Fsp3) is 0.500. The maximum absolute atomic E-state index is 11.0. The molecule has 43 heavy (non-hydrogen) atoms. The highest BCUT2D eigenvalue weighted by Crippen LogP contribution is 2.24. The van der Waals surface area contributed by atoms with Crippen molar-refractivity contribution < 1.29 is 33.1 Å². The molecule has 0 bridgehead atoms. The van der Waals surface area contributed by atoms with Gasteiger partial charge in [-0.05, 0) is 12.1 Å². The summed E-state index contributed by atoms with van der Waals surface area (Å²) in [5.41, 5.74) is 5.15. The lowest BCUT2D eigenvalue weighted by molar-refractivity contribution is -0.509. The Kier molecular flexibility index (Phi) is 13.2. The molecule has 2 amide bonds. The second-order valence-electron chi connectivity index (χ2n) is 10.0. The van der Waals surface area contributed by atoms with Crippen molar-refractivity contribution in [3.05, 3.63) is 46.7 Å². The van der Waals surface area contributed by atoms with Crippen LogP contribution in [0.2, 0.25) is 0 Å². The summed E-state index contributed by atoms with van der Waals surface area (Å²) in [6.45, 7) is 11.3. The van der Waals surface area contributed by atoms with E-state index in [1.165, 1.54) is 13.8 Å². The van der Waals surface area contributed by atoms with Gasteiger partial charge in [0.1, 0.15) is 6.61 Å². The Morgan fingerprint density at radius 2 is 1.30 bits per heavy atom. The minimum Gasteiger partial charge on any atom is -0.481 e. The molecule has 0 spiro atoms. The van der Waals surface area contributed by atoms with Gasteiger partial charge in [-0.2, -0.15) is 14.5 Å². The number of carbonyl (C=O) groups excluding carboxylic acids is 2. The Balaban J connectivity index is 1.52. The summed E-state index contributed by atoms with van der Waals surface area (Å²) >= 11 is 0. The third-order valence-electron chi connectivity index (χ3n) is 6.78. The first kappa shape index (κ1) is 33.3. The number of hydrogen-bond donors (Lipinski definition) is 4. The van der Waals surface area contributed by atoms with Crippen LogP contribution in [0, 0.1) is 0 Å². The number of hydrogen-bond acceptors (Lipinski definition) is 10. The molecule has 0 unspecified atom stereocenters. The van der Waals surface area contributed by atoms with Gasteiger partial charge in [-0.3, -0.25) is 9.59 Å². The maximum Gasteiger partial charge on any atom is 0.293 e. The quantitative estimate of drug-likeness (QED) is 0.147. The molecule has 2 aromatic heterocycles. The van der Waals surface area contributed by atoms with Crippen LogP contribution >= 0.6 is 0 Å². The largest absolute Gasteiger partial charge is 0.481 e. The molecule has 3 rings (SSSR count). The van der Waals surface area contributed by atoms with Crippen LogP contribution in [-0.4, -0.2) is 85.8 Å². The van der Waals surface area contributed by atoms with Crippen molar-refractivity contribution in [3.63, 3.8) is 0 Å². The number of nitrogens with zero attached hydrogens (tertiary/aromatic N) is 3. The van der Waals surface area contributed by atoms with E-state index in [0.29, 0.717) is 76.1 Å². The average Bonchev–Trinajstić information content (AvgIpc) is 3.26. The molecule has 0 fully saturated rings. The van der Waals surface area contributed by atoms with Gasteiger partial charge in [-0.25, -0.2) is 0 Å². The van der Waals surface area contributed by atoms with Crippen LogP contribution in [0.25, 0.3) is 0 Å². The summed E-state index contributed by atoms with van der Waals surface area (Å²) in [6, 6.07) is 7.50. The highest BCUT2D eigenvalue weighted by atomic mass is 16.5. The lowest BCUT2D eigenvalue weighted by atomic mass is 10.1. The van der Waals surface area contributed by atoms with Crippen molar-refractivity contribution in [1.29, 1.82) is 0 Å². The third kappa shape index (κ3) is 10.5. The number of methoxy groups -OCH3 is 2. The molecule has 0 radical (unpaired) electrons. The molecule has 13 nitrogen and oxygen atoms in total. The van der Waals surface area contributed by atoms with E-state index in [2.05, 4.69) is 42.7 Å². The first-order valence-electron chi connectivity index (χ1n) is 14.2. The van der Waals surface area contributed by atoms with Crippen molar-refractivity contribution in [2.75, 3.05) is 53.7 Å². The van der Waals surface area contributed by atoms with E-state index in [0.717, 1.165) is 34.5 Å². The van der Waals surface area contributed by atoms with Gasteiger partial charge < -0.3 is 40.2 Å². The predicted molar refractivity (Wildman–Crippen MR) is 162 cm³/mol. The summed E-state index contributed by atoms with van der Waals surface area (Å²) in [5.74, 6) is 1.82. The molecule has 2 aromatic rings. The molecule has 234 valence electrons. The smallest absolute Gasteiger partial charge is 0.293 e. The number of carbonyl (C=O) groups is 2. The van der Waals surface area contributed by atoms with Gasteiger partial charge in [0.25, 0.3) is 6.73 Å².